The third-order valence-corrected chi connectivity index (χ3v) is 4.51. The monoisotopic (exact) mass is 421 g/mol. The van der Waals surface area contributed by atoms with Gasteiger partial charge in [0, 0.05) is 5.69 Å². The lowest BCUT2D eigenvalue weighted by Gasteiger charge is -2.10. The van der Waals surface area contributed by atoms with Crippen LogP contribution in [0.25, 0.3) is 0 Å². The van der Waals surface area contributed by atoms with Crippen LogP contribution >= 0.6 is 23.8 Å². The summed E-state index contributed by atoms with van der Waals surface area (Å²) in [5.74, 6) is 0.794. The molecule has 0 saturated heterocycles. The van der Waals surface area contributed by atoms with Crippen LogP contribution in [0.5, 0.6) is 5.75 Å². The largest absolute Gasteiger partial charge is 0.494 e. The maximum Gasteiger partial charge on any atom is 0.412 e. The first-order valence-electron chi connectivity index (χ1n) is 8.69. The second-order valence-corrected chi connectivity index (χ2v) is 6.72. The Morgan fingerprint density at radius 2 is 1.93 bits per heavy atom. The van der Waals surface area contributed by atoms with Gasteiger partial charge in [-0.3, -0.25) is 10.7 Å². The summed E-state index contributed by atoms with van der Waals surface area (Å²) in [7, 11) is 0. The molecule has 0 fully saturated rings. The van der Waals surface area contributed by atoms with E-state index in [-0.39, 0.29) is 0 Å². The molecule has 3 N–H and O–H groups in total. The van der Waals surface area contributed by atoms with Crippen LogP contribution in [-0.4, -0.2) is 34.5 Å². The number of anilines is 2. The Bertz CT molecular complexity index is 849. The third kappa shape index (κ3) is 6.17. The maximum atomic E-state index is 11.7. The minimum absolute atomic E-state index is 0.291. The van der Waals surface area contributed by atoms with Crippen molar-refractivity contribution in [1.82, 2.24) is 9.80 Å². The summed E-state index contributed by atoms with van der Waals surface area (Å²) < 4.78 is 14.6. The lowest BCUT2D eigenvalue weighted by atomic mass is 10.2. The molecule has 0 saturated carbocycles. The molecule has 2 aromatic rings. The van der Waals surface area contributed by atoms with E-state index in [9.17, 15) is 4.79 Å². The van der Waals surface area contributed by atoms with E-state index >= 15 is 0 Å². The van der Waals surface area contributed by atoms with Crippen molar-refractivity contribution < 1.29 is 14.3 Å². The van der Waals surface area contributed by atoms with Gasteiger partial charge >= 0.3 is 6.09 Å². The summed E-state index contributed by atoms with van der Waals surface area (Å²) in [5, 5.41) is 10.9. The molecule has 1 aromatic heterocycles. The van der Waals surface area contributed by atoms with Gasteiger partial charge in [0.05, 0.1) is 30.2 Å². The Labute approximate surface area is 173 Å². The van der Waals surface area contributed by atoms with Gasteiger partial charge in [-0.25, -0.2) is 4.79 Å². The summed E-state index contributed by atoms with van der Waals surface area (Å²) in [6.45, 7) is 8.23. The summed E-state index contributed by atoms with van der Waals surface area (Å²) in [6, 6.07) is 7.45. The van der Waals surface area contributed by atoms with Crippen molar-refractivity contribution in [3.63, 3.8) is 0 Å². The first-order valence-corrected chi connectivity index (χ1v) is 9.87. The molecule has 1 aromatic carbocycles. The van der Waals surface area contributed by atoms with Crippen molar-refractivity contribution in [2.45, 2.75) is 27.7 Å². The quantitative estimate of drug-likeness (QED) is 0.351. The topological polar surface area (TPSA) is 96.9 Å². The number of aryl methyl sites for hydroxylation is 1. The van der Waals surface area contributed by atoms with Gasteiger partial charge in [0.1, 0.15) is 10.8 Å². The molecule has 0 radical (unpaired) electrons. The van der Waals surface area contributed by atoms with Gasteiger partial charge in [0.15, 0.2) is 5.11 Å². The third-order valence-electron chi connectivity index (χ3n) is 3.46. The molecule has 8 nitrogen and oxygen atoms in total. The average molecular weight is 422 g/mol. The molecule has 0 atom stereocenters. The molecule has 1 heterocycles. The van der Waals surface area contributed by atoms with Crippen LogP contribution in [-0.2, 0) is 4.74 Å². The molecule has 0 bridgehead atoms. The predicted molar refractivity (Wildman–Crippen MR) is 117 cm³/mol. The molecule has 0 aliphatic rings. The second kappa shape index (κ2) is 10.6. The van der Waals surface area contributed by atoms with E-state index in [0.717, 1.165) is 22.7 Å². The van der Waals surface area contributed by atoms with E-state index in [1.54, 1.807) is 13.8 Å². The Morgan fingerprint density at radius 1 is 1.21 bits per heavy atom. The number of carbonyl (C=O) groups is 1. The molecule has 1 amide bonds. The highest BCUT2D eigenvalue weighted by atomic mass is 32.1. The molecule has 150 valence electrons. The van der Waals surface area contributed by atoms with E-state index in [4.69, 9.17) is 21.7 Å². The first kappa shape index (κ1) is 21.6. The van der Waals surface area contributed by atoms with Crippen LogP contribution in [0.4, 0.5) is 15.5 Å². The van der Waals surface area contributed by atoms with Crippen LogP contribution in [0, 0.1) is 6.92 Å². The van der Waals surface area contributed by atoms with Crippen molar-refractivity contribution in [3.8, 4) is 5.75 Å². The van der Waals surface area contributed by atoms with E-state index in [1.807, 2.05) is 38.1 Å². The lowest BCUT2D eigenvalue weighted by molar-refractivity contribution is 0.168. The van der Waals surface area contributed by atoms with E-state index in [1.165, 1.54) is 11.5 Å². The number of carbonyl (C=O) groups excluding carboxylic acids is 1. The Kier molecular flexibility index (Phi) is 8.15. The molecule has 0 aliphatic carbocycles. The molecule has 0 aliphatic heterocycles. The fourth-order valence-electron chi connectivity index (χ4n) is 2.29. The van der Waals surface area contributed by atoms with Gasteiger partial charge < -0.3 is 14.8 Å². The van der Waals surface area contributed by atoms with Gasteiger partial charge in [-0.2, -0.15) is 9.47 Å². The van der Waals surface area contributed by atoms with Gasteiger partial charge in [-0.1, -0.05) is 0 Å². The number of nitrogens with one attached hydrogen (secondary N) is 3. The van der Waals surface area contributed by atoms with Gasteiger partial charge in [-0.15, -0.1) is 0 Å². The Morgan fingerprint density at radius 3 is 2.57 bits per heavy atom. The van der Waals surface area contributed by atoms with Crippen LogP contribution in [0.3, 0.4) is 0 Å². The predicted octanol–water partition coefficient (Wildman–Crippen LogP) is 4.13. The van der Waals surface area contributed by atoms with E-state index < -0.39 is 6.09 Å². The van der Waals surface area contributed by atoms with Crippen LogP contribution in [0.1, 0.15) is 32.0 Å². The number of amides is 1. The van der Waals surface area contributed by atoms with E-state index in [0.29, 0.717) is 29.0 Å². The van der Waals surface area contributed by atoms with Crippen LogP contribution in [0.15, 0.2) is 29.4 Å². The van der Waals surface area contributed by atoms with Crippen LogP contribution in [0.2, 0.25) is 0 Å². The summed E-state index contributed by atoms with van der Waals surface area (Å²) >= 11 is 6.44. The minimum atomic E-state index is -0.527. The molecule has 28 heavy (non-hydrogen) atoms. The minimum Gasteiger partial charge on any atom is -0.494 e. The van der Waals surface area contributed by atoms with Gasteiger partial charge in [0.2, 0.25) is 0 Å². The number of hydrogen-bond donors (Lipinski definition) is 3. The number of rotatable bonds is 7. The fraction of sp³-hybridized carbons (Fsp3) is 0.333. The van der Waals surface area contributed by atoms with Gasteiger partial charge in [0.25, 0.3) is 0 Å². The molecule has 2 rings (SSSR count). The standard InChI is InChI=1S/C18H23N5O3S2/c1-5-25-14-9-7-13(8-10-14)19-17(27)22-21-11(3)15-12(4)23-28-16(15)20-18(24)26-6-2/h7-10H,5-6H2,1-4H3,(H,20,24)(H2,19,22,27)/b21-11+. The molecular weight excluding hydrogens is 398 g/mol. The zero-order valence-electron chi connectivity index (χ0n) is 16.2. The summed E-state index contributed by atoms with van der Waals surface area (Å²) in [5.41, 5.74) is 5.73. The molecular formula is C18H23N5O3S2. The van der Waals surface area contributed by atoms with Crippen molar-refractivity contribution >= 4 is 51.4 Å². The van der Waals surface area contributed by atoms with Crippen molar-refractivity contribution in [1.29, 1.82) is 0 Å². The van der Waals surface area contributed by atoms with Crippen molar-refractivity contribution in [2.24, 2.45) is 5.10 Å². The number of ether oxygens (including phenoxy) is 2. The zero-order valence-corrected chi connectivity index (χ0v) is 17.8. The first-order chi connectivity index (χ1) is 13.4. The summed E-state index contributed by atoms with van der Waals surface area (Å²) in [6.07, 6.45) is -0.527. The molecule has 0 unspecified atom stereocenters. The highest BCUT2D eigenvalue weighted by Gasteiger charge is 2.16. The lowest BCUT2D eigenvalue weighted by Crippen LogP contribution is -2.25. The fourth-order valence-corrected chi connectivity index (χ4v) is 3.29. The Balaban J connectivity index is 2.00. The maximum absolute atomic E-state index is 11.7. The van der Waals surface area contributed by atoms with Crippen molar-refractivity contribution in [3.05, 3.63) is 35.5 Å². The number of hydrazone groups is 1. The smallest absolute Gasteiger partial charge is 0.412 e. The van der Waals surface area contributed by atoms with E-state index in [2.05, 4.69) is 25.5 Å². The number of hydrogen-bond acceptors (Lipinski definition) is 7. The number of benzene rings is 1. The number of thiocarbonyl (C=S) groups is 1. The average Bonchev–Trinajstić information content (AvgIpc) is 3.02. The molecule has 0 spiro atoms. The normalized spacial score (nSPS) is 10.9. The highest BCUT2D eigenvalue weighted by molar-refractivity contribution is 7.80. The Hall–Kier alpha value is -2.72. The van der Waals surface area contributed by atoms with Crippen molar-refractivity contribution in [2.75, 3.05) is 23.8 Å². The van der Waals surface area contributed by atoms with Crippen LogP contribution < -0.4 is 20.8 Å². The highest BCUT2D eigenvalue weighted by Crippen LogP contribution is 2.25. The van der Waals surface area contributed by atoms with Gasteiger partial charge in [-0.05, 0) is 75.7 Å². The summed E-state index contributed by atoms with van der Waals surface area (Å²) in [4.78, 5) is 11.7. The number of nitrogens with zero attached hydrogens (tertiary/aromatic N) is 2. The SMILES string of the molecule is CCOC(=O)Nc1snc(C)c1/C(C)=N/NC(=S)Nc1ccc(OCC)cc1. The second-order valence-electron chi connectivity index (χ2n) is 5.54. The number of aromatic nitrogens is 1. The molecule has 10 heteroatoms. The zero-order chi connectivity index (χ0) is 20.5.